The number of hydrogen-bond donors (Lipinski definition) is 2. The van der Waals surface area contributed by atoms with Crippen molar-refractivity contribution in [2.24, 2.45) is 5.92 Å². The third-order valence-electron chi connectivity index (χ3n) is 3.26. The maximum absolute atomic E-state index is 12.4. The minimum absolute atomic E-state index is 0.253. The van der Waals surface area contributed by atoms with Crippen LogP contribution in [0.5, 0.6) is 11.5 Å². The molecule has 0 atom stereocenters. The molecular formula is C19H20BrClN2O4. The minimum atomic E-state index is -0.502. The summed E-state index contributed by atoms with van der Waals surface area (Å²) < 4.78 is 11.7. The molecular weight excluding hydrogens is 436 g/mol. The van der Waals surface area contributed by atoms with E-state index in [-0.39, 0.29) is 6.61 Å². The number of amides is 2. The van der Waals surface area contributed by atoms with Gasteiger partial charge in [-0.05, 0) is 48.4 Å². The van der Waals surface area contributed by atoms with Crippen molar-refractivity contribution in [1.82, 2.24) is 10.9 Å². The lowest BCUT2D eigenvalue weighted by Crippen LogP contribution is -2.44. The molecule has 0 fully saturated rings. The lowest BCUT2D eigenvalue weighted by atomic mass is 10.2. The molecule has 27 heavy (non-hydrogen) atoms. The van der Waals surface area contributed by atoms with E-state index in [4.69, 9.17) is 21.1 Å². The van der Waals surface area contributed by atoms with E-state index in [1.165, 1.54) is 0 Å². The van der Waals surface area contributed by atoms with Crippen LogP contribution in [0.4, 0.5) is 0 Å². The Kier molecular flexibility index (Phi) is 7.94. The molecule has 2 rings (SSSR count). The fraction of sp³-hybridized carbons (Fsp3) is 0.263. The van der Waals surface area contributed by atoms with E-state index in [1.807, 2.05) is 13.8 Å². The Labute approximate surface area is 171 Å². The van der Waals surface area contributed by atoms with Crippen molar-refractivity contribution in [2.75, 3.05) is 13.2 Å². The van der Waals surface area contributed by atoms with Gasteiger partial charge in [-0.25, -0.2) is 0 Å². The van der Waals surface area contributed by atoms with Gasteiger partial charge in [0.25, 0.3) is 11.8 Å². The van der Waals surface area contributed by atoms with Gasteiger partial charge in [0.2, 0.25) is 0 Å². The maximum atomic E-state index is 12.4. The molecule has 0 saturated carbocycles. The predicted octanol–water partition coefficient (Wildman–Crippen LogP) is 3.98. The topological polar surface area (TPSA) is 76.7 Å². The molecule has 0 saturated heterocycles. The van der Waals surface area contributed by atoms with Crippen LogP contribution in [0.25, 0.3) is 0 Å². The number of benzene rings is 2. The lowest BCUT2D eigenvalue weighted by Gasteiger charge is -2.14. The monoisotopic (exact) mass is 454 g/mol. The molecule has 0 aliphatic carbocycles. The van der Waals surface area contributed by atoms with Crippen LogP contribution in [0.1, 0.15) is 24.2 Å². The second-order valence-corrected chi connectivity index (χ2v) is 7.44. The normalized spacial score (nSPS) is 10.4. The zero-order valence-corrected chi connectivity index (χ0v) is 17.3. The van der Waals surface area contributed by atoms with Gasteiger partial charge in [0.15, 0.2) is 6.61 Å². The zero-order valence-electron chi connectivity index (χ0n) is 14.9. The molecule has 0 spiro atoms. The largest absolute Gasteiger partial charge is 0.492 e. The molecule has 2 aromatic carbocycles. The molecule has 0 radical (unpaired) electrons. The number of carbonyl (C=O) groups excluding carboxylic acids is 2. The third-order valence-corrected chi connectivity index (χ3v) is 4.00. The predicted molar refractivity (Wildman–Crippen MR) is 107 cm³/mol. The molecule has 0 heterocycles. The summed E-state index contributed by atoms with van der Waals surface area (Å²) >= 11 is 9.11. The fourth-order valence-corrected chi connectivity index (χ4v) is 2.46. The molecule has 6 nitrogen and oxygen atoms in total. The molecule has 2 N–H and O–H groups in total. The van der Waals surface area contributed by atoms with Crippen molar-refractivity contribution in [3.05, 3.63) is 57.5 Å². The van der Waals surface area contributed by atoms with Gasteiger partial charge in [0, 0.05) is 9.50 Å². The number of rotatable bonds is 7. The van der Waals surface area contributed by atoms with Gasteiger partial charge >= 0.3 is 0 Å². The van der Waals surface area contributed by atoms with Crippen molar-refractivity contribution in [3.63, 3.8) is 0 Å². The molecule has 0 aromatic heterocycles. The highest BCUT2D eigenvalue weighted by Crippen LogP contribution is 2.23. The van der Waals surface area contributed by atoms with E-state index >= 15 is 0 Å². The van der Waals surface area contributed by atoms with Gasteiger partial charge in [0.1, 0.15) is 11.5 Å². The van der Waals surface area contributed by atoms with Crippen LogP contribution in [0.3, 0.4) is 0 Å². The highest BCUT2D eigenvalue weighted by molar-refractivity contribution is 9.10. The van der Waals surface area contributed by atoms with Crippen molar-refractivity contribution < 1.29 is 19.1 Å². The molecule has 2 amide bonds. The van der Waals surface area contributed by atoms with E-state index in [9.17, 15) is 9.59 Å². The van der Waals surface area contributed by atoms with Gasteiger partial charge in [0.05, 0.1) is 12.2 Å². The average molecular weight is 456 g/mol. The lowest BCUT2D eigenvalue weighted by molar-refractivity contribution is -0.123. The number of halogens is 2. The number of hydrogen-bond acceptors (Lipinski definition) is 4. The van der Waals surface area contributed by atoms with E-state index in [1.54, 1.807) is 42.5 Å². The van der Waals surface area contributed by atoms with Crippen LogP contribution in [-0.2, 0) is 4.79 Å². The average Bonchev–Trinajstić information content (AvgIpc) is 2.64. The standard InChI is InChI=1S/C19H20BrClN2O4/c1-12(2)10-27-17-8-3-13(20)9-16(17)19(25)23-22-18(24)11-26-15-6-4-14(21)5-7-15/h3-9,12H,10-11H2,1-2H3,(H,22,24)(H,23,25). The summed E-state index contributed by atoms with van der Waals surface area (Å²) in [5.74, 6) is 0.260. The molecule has 0 bridgehead atoms. The first-order valence-electron chi connectivity index (χ1n) is 8.25. The Morgan fingerprint density at radius 1 is 1.07 bits per heavy atom. The number of hydrazine groups is 1. The Balaban J connectivity index is 1.89. The zero-order chi connectivity index (χ0) is 19.8. The second-order valence-electron chi connectivity index (χ2n) is 6.09. The molecule has 0 aliphatic rings. The summed E-state index contributed by atoms with van der Waals surface area (Å²) in [5.41, 5.74) is 4.98. The Morgan fingerprint density at radius 3 is 2.44 bits per heavy atom. The first kappa shape index (κ1) is 21.1. The van der Waals surface area contributed by atoms with Crippen molar-refractivity contribution in [2.45, 2.75) is 13.8 Å². The van der Waals surface area contributed by atoms with Gasteiger partial charge in [-0.3, -0.25) is 20.4 Å². The van der Waals surface area contributed by atoms with Gasteiger partial charge < -0.3 is 9.47 Å². The summed E-state index contributed by atoms with van der Waals surface area (Å²) in [6, 6.07) is 11.7. The van der Waals surface area contributed by atoms with Crippen LogP contribution in [0.2, 0.25) is 5.02 Å². The molecule has 0 aliphatic heterocycles. The van der Waals surface area contributed by atoms with Gasteiger partial charge in [-0.1, -0.05) is 41.4 Å². The van der Waals surface area contributed by atoms with Crippen molar-refractivity contribution >= 4 is 39.3 Å². The maximum Gasteiger partial charge on any atom is 0.276 e. The Morgan fingerprint density at radius 2 is 1.78 bits per heavy atom. The first-order valence-corrected chi connectivity index (χ1v) is 9.42. The van der Waals surface area contributed by atoms with Gasteiger partial charge in [-0.2, -0.15) is 0 Å². The van der Waals surface area contributed by atoms with Crippen LogP contribution < -0.4 is 20.3 Å². The van der Waals surface area contributed by atoms with Crippen molar-refractivity contribution in [3.8, 4) is 11.5 Å². The van der Waals surface area contributed by atoms with Crippen LogP contribution in [0.15, 0.2) is 46.9 Å². The Hall–Kier alpha value is -2.25. The Bertz CT molecular complexity index is 797. The van der Waals surface area contributed by atoms with Crippen molar-refractivity contribution in [1.29, 1.82) is 0 Å². The second kappa shape index (κ2) is 10.2. The minimum Gasteiger partial charge on any atom is -0.492 e. The summed E-state index contributed by atoms with van der Waals surface area (Å²) in [4.78, 5) is 24.3. The highest BCUT2D eigenvalue weighted by Gasteiger charge is 2.15. The smallest absolute Gasteiger partial charge is 0.276 e. The van der Waals surface area contributed by atoms with Crippen LogP contribution in [-0.4, -0.2) is 25.0 Å². The fourth-order valence-electron chi connectivity index (χ4n) is 1.97. The van der Waals surface area contributed by atoms with E-state index in [0.717, 1.165) is 4.47 Å². The van der Waals surface area contributed by atoms with Crippen LogP contribution >= 0.6 is 27.5 Å². The third kappa shape index (κ3) is 7.11. The molecule has 144 valence electrons. The molecule has 0 unspecified atom stereocenters. The van der Waals surface area contributed by atoms with Crippen LogP contribution in [0, 0.1) is 5.92 Å². The highest BCUT2D eigenvalue weighted by atomic mass is 79.9. The van der Waals surface area contributed by atoms with Gasteiger partial charge in [-0.15, -0.1) is 0 Å². The number of ether oxygens (including phenoxy) is 2. The number of carbonyl (C=O) groups is 2. The number of nitrogens with one attached hydrogen (secondary N) is 2. The van der Waals surface area contributed by atoms with E-state index < -0.39 is 11.8 Å². The van der Waals surface area contributed by atoms with E-state index in [2.05, 4.69) is 26.8 Å². The summed E-state index contributed by atoms with van der Waals surface area (Å²) in [7, 11) is 0. The summed E-state index contributed by atoms with van der Waals surface area (Å²) in [6.45, 7) is 4.25. The quantitative estimate of drug-likeness (QED) is 0.619. The summed E-state index contributed by atoms with van der Waals surface area (Å²) in [5, 5.41) is 0.573. The van der Waals surface area contributed by atoms with E-state index in [0.29, 0.717) is 34.6 Å². The summed E-state index contributed by atoms with van der Waals surface area (Å²) in [6.07, 6.45) is 0. The molecule has 2 aromatic rings. The molecule has 8 heteroatoms. The first-order chi connectivity index (χ1) is 12.8. The SMILES string of the molecule is CC(C)COc1ccc(Br)cc1C(=O)NNC(=O)COc1ccc(Cl)cc1.